The summed E-state index contributed by atoms with van der Waals surface area (Å²) in [7, 11) is 0. The molecule has 64 valence electrons. The van der Waals surface area contributed by atoms with Crippen LogP contribution in [0, 0.1) is 0 Å². The Balaban J connectivity index is 1.94. The smallest absolute Gasteiger partial charge is 0.214 e. The van der Waals surface area contributed by atoms with Crippen molar-refractivity contribution in [3.63, 3.8) is 0 Å². The molecule has 0 saturated carbocycles. The quantitative estimate of drug-likeness (QED) is 0.478. The van der Waals surface area contributed by atoms with E-state index in [1.165, 1.54) is 0 Å². The predicted molar refractivity (Wildman–Crippen MR) is 52.4 cm³/mol. The summed E-state index contributed by atoms with van der Waals surface area (Å²) in [5, 5.41) is 0. The fourth-order valence-electron chi connectivity index (χ4n) is 0.815. The van der Waals surface area contributed by atoms with Gasteiger partial charge in [0.15, 0.2) is 4.11 Å². The Morgan fingerprint density at radius 3 is 3.08 bits per heavy atom. The average Bonchev–Trinajstić information content (AvgIpc) is 2.88. The van der Waals surface area contributed by atoms with Crippen molar-refractivity contribution in [2.45, 2.75) is 10.2 Å². The van der Waals surface area contributed by atoms with E-state index in [4.69, 9.17) is 9.47 Å². The molecule has 0 spiro atoms. The molecule has 12 heavy (non-hydrogen) atoms. The number of aromatic nitrogens is 1. The Morgan fingerprint density at radius 2 is 2.50 bits per heavy atom. The van der Waals surface area contributed by atoms with Gasteiger partial charge in [0, 0.05) is 12.3 Å². The molecular weight excluding hydrogens is 269 g/mol. The number of nitrogens with zero attached hydrogens (tertiary/aromatic N) is 1. The number of alkyl halides is 1. The Labute approximate surface area is 84.2 Å². The van der Waals surface area contributed by atoms with Gasteiger partial charge in [-0.05, 0) is 28.7 Å². The number of hydrogen-bond donors (Lipinski definition) is 0. The van der Waals surface area contributed by atoms with E-state index in [-0.39, 0.29) is 10.2 Å². The first-order valence-electron chi connectivity index (χ1n) is 3.69. The summed E-state index contributed by atoms with van der Waals surface area (Å²) in [6.45, 7) is 0.806. The lowest BCUT2D eigenvalue weighted by atomic mass is 10.5. The second kappa shape index (κ2) is 3.57. The summed E-state index contributed by atoms with van der Waals surface area (Å²) >= 11 is 2.21. The van der Waals surface area contributed by atoms with E-state index in [0.29, 0.717) is 5.88 Å². The zero-order valence-electron chi connectivity index (χ0n) is 6.31. The van der Waals surface area contributed by atoms with Gasteiger partial charge in [-0.2, -0.15) is 0 Å². The maximum Gasteiger partial charge on any atom is 0.214 e. The monoisotopic (exact) mass is 277 g/mol. The molecule has 1 aromatic heterocycles. The molecule has 0 N–H and O–H groups in total. The van der Waals surface area contributed by atoms with E-state index in [0.717, 1.165) is 6.61 Å². The molecule has 2 rings (SSSR count). The van der Waals surface area contributed by atoms with Crippen LogP contribution in [-0.2, 0) is 4.74 Å². The topological polar surface area (TPSA) is 34.6 Å². The van der Waals surface area contributed by atoms with Crippen molar-refractivity contribution >= 4 is 22.6 Å². The molecule has 0 radical (unpaired) electrons. The molecule has 0 aliphatic carbocycles. The molecule has 4 heteroatoms. The van der Waals surface area contributed by atoms with Gasteiger partial charge in [-0.15, -0.1) is 0 Å². The lowest BCUT2D eigenvalue weighted by molar-refractivity contribution is 0.239. The van der Waals surface area contributed by atoms with Crippen LogP contribution in [0.15, 0.2) is 24.4 Å². The summed E-state index contributed by atoms with van der Waals surface area (Å²) in [4.78, 5) is 4.05. The van der Waals surface area contributed by atoms with Crippen LogP contribution in [-0.4, -0.2) is 21.8 Å². The zero-order valence-corrected chi connectivity index (χ0v) is 8.47. The van der Waals surface area contributed by atoms with Gasteiger partial charge >= 0.3 is 0 Å². The highest BCUT2D eigenvalue weighted by Gasteiger charge is 2.32. The van der Waals surface area contributed by atoms with E-state index >= 15 is 0 Å². The van der Waals surface area contributed by atoms with Crippen molar-refractivity contribution in [2.75, 3.05) is 6.61 Å². The fraction of sp³-hybridized carbons (Fsp3) is 0.375. The van der Waals surface area contributed by atoms with E-state index in [9.17, 15) is 0 Å². The first-order chi connectivity index (χ1) is 5.86. The van der Waals surface area contributed by atoms with Crippen LogP contribution in [0.4, 0.5) is 0 Å². The van der Waals surface area contributed by atoms with Gasteiger partial charge in [0.2, 0.25) is 5.88 Å². The van der Waals surface area contributed by atoms with Gasteiger partial charge < -0.3 is 9.47 Å². The van der Waals surface area contributed by atoms with Crippen molar-refractivity contribution in [3.05, 3.63) is 24.4 Å². The molecule has 1 aliphatic rings. The molecule has 1 aromatic rings. The summed E-state index contributed by atoms with van der Waals surface area (Å²) in [6.07, 6.45) is 1.97. The number of epoxide rings is 1. The van der Waals surface area contributed by atoms with Gasteiger partial charge in [0.05, 0.1) is 6.61 Å². The Kier molecular flexibility index (Phi) is 2.45. The molecule has 2 heterocycles. The van der Waals surface area contributed by atoms with Gasteiger partial charge in [-0.25, -0.2) is 4.98 Å². The van der Waals surface area contributed by atoms with E-state index in [2.05, 4.69) is 27.6 Å². The normalized spacial score (nSPS) is 23.2. The fourth-order valence-corrected chi connectivity index (χ4v) is 1.49. The highest BCUT2D eigenvalue weighted by atomic mass is 127. The first-order valence-corrected chi connectivity index (χ1v) is 4.94. The lowest BCUT2D eigenvalue weighted by Gasteiger charge is -2.08. The number of halogens is 1. The van der Waals surface area contributed by atoms with Gasteiger partial charge in [-0.1, -0.05) is 6.07 Å². The third-order valence-corrected chi connectivity index (χ3v) is 2.58. The molecule has 1 fully saturated rings. The largest absolute Gasteiger partial charge is 0.461 e. The third kappa shape index (κ3) is 2.07. The van der Waals surface area contributed by atoms with E-state index < -0.39 is 0 Å². The summed E-state index contributed by atoms with van der Waals surface area (Å²) in [5.41, 5.74) is 0. The van der Waals surface area contributed by atoms with Crippen LogP contribution in [0.25, 0.3) is 0 Å². The molecule has 1 saturated heterocycles. The Morgan fingerprint density at radius 1 is 1.67 bits per heavy atom. The number of ether oxygens (including phenoxy) is 2. The summed E-state index contributed by atoms with van der Waals surface area (Å²) < 4.78 is 10.7. The minimum atomic E-state index is 0.0810. The van der Waals surface area contributed by atoms with Crippen LogP contribution in [0.1, 0.15) is 0 Å². The lowest BCUT2D eigenvalue weighted by Crippen LogP contribution is -2.15. The average molecular weight is 277 g/mol. The van der Waals surface area contributed by atoms with Gasteiger partial charge in [0.25, 0.3) is 0 Å². The molecule has 0 amide bonds. The molecule has 0 aromatic carbocycles. The number of hydrogen-bond acceptors (Lipinski definition) is 3. The first kappa shape index (κ1) is 8.25. The molecular formula is C8H8INO2. The van der Waals surface area contributed by atoms with Crippen LogP contribution in [0.5, 0.6) is 5.88 Å². The van der Waals surface area contributed by atoms with Crippen LogP contribution in [0.2, 0.25) is 0 Å². The highest BCUT2D eigenvalue weighted by molar-refractivity contribution is 14.1. The standard InChI is InChI=1S/C8H8INO2/c9-8(6-5-11-6)12-7-3-1-2-4-10-7/h1-4,6,8H,5H2. The van der Waals surface area contributed by atoms with Crippen molar-refractivity contribution < 1.29 is 9.47 Å². The Bertz CT molecular complexity index is 250. The number of pyridine rings is 1. The van der Waals surface area contributed by atoms with Crippen molar-refractivity contribution in [1.82, 2.24) is 4.98 Å². The third-order valence-electron chi connectivity index (χ3n) is 1.52. The summed E-state index contributed by atoms with van der Waals surface area (Å²) in [5.74, 6) is 0.660. The molecule has 3 nitrogen and oxygen atoms in total. The maximum atomic E-state index is 5.49. The molecule has 0 bridgehead atoms. The maximum absolute atomic E-state index is 5.49. The van der Waals surface area contributed by atoms with Gasteiger partial charge in [-0.3, -0.25) is 0 Å². The van der Waals surface area contributed by atoms with Crippen molar-refractivity contribution in [3.8, 4) is 5.88 Å². The zero-order chi connectivity index (χ0) is 8.39. The molecule has 1 aliphatic heterocycles. The summed E-state index contributed by atoms with van der Waals surface area (Å²) in [6, 6.07) is 5.61. The van der Waals surface area contributed by atoms with Crippen molar-refractivity contribution in [1.29, 1.82) is 0 Å². The van der Waals surface area contributed by atoms with E-state index in [1.54, 1.807) is 6.20 Å². The molecule has 2 atom stereocenters. The minimum absolute atomic E-state index is 0.0810. The highest BCUT2D eigenvalue weighted by Crippen LogP contribution is 2.23. The predicted octanol–water partition coefficient (Wildman–Crippen LogP) is 1.62. The SMILES string of the molecule is IC(Oc1ccccn1)C1CO1. The van der Waals surface area contributed by atoms with Crippen molar-refractivity contribution in [2.24, 2.45) is 0 Å². The second-order valence-corrected chi connectivity index (χ2v) is 3.74. The second-order valence-electron chi connectivity index (χ2n) is 2.51. The van der Waals surface area contributed by atoms with Crippen LogP contribution in [0.3, 0.4) is 0 Å². The Hall–Kier alpha value is -0.360. The minimum Gasteiger partial charge on any atom is -0.461 e. The van der Waals surface area contributed by atoms with Gasteiger partial charge in [0.1, 0.15) is 6.10 Å². The van der Waals surface area contributed by atoms with Crippen LogP contribution < -0.4 is 4.74 Å². The molecule has 2 unspecified atom stereocenters. The number of rotatable bonds is 3. The van der Waals surface area contributed by atoms with Crippen LogP contribution >= 0.6 is 22.6 Å². The van der Waals surface area contributed by atoms with E-state index in [1.807, 2.05) is 18.2 Å².